The van der Waals surface area contributed by atoms with Gasteiger partial charge in [-0.25, -0.2) is 0 Å². The van der Waals surface area contributed by atoms with E-state index in [1.165, 1.54) is 14.7 Å². The Morgan fingerprint density at radius 1 is 0.909 bits per heavy atom. The maximum atomic E-state index is 6.06. The Bertz CT molecular complexity index is 551. The second-order valence-corrected chi connectivity index (χ2v) is 7.31. The van der Waals surface area contributed by atoms with Gasteiger partial charge in [0.25, 0.3) is 0 Å². The summed E-state index contributed by atoms with van der Waals surface area (Å²) in [6.45, 7) is 7.07. The molecule has 2 nitrogen and oxygen atoms in total. The lowest BCUT2D eigenvalue weighted by Crippen LogP contribution is -2.43. The molecule has 2 aromatic rings. The van der Waals surface area contributed by atoms with Crippen LogP contribution in [0.15, 0.2) is 54.6 Å². The van der Waals surface area contributed by atoms with Crippen LogP contribution in [-0.4, -0.2) is 17.5 Å². The first-order valence-corrected chi connectivity index (χ1v) is 8.90. The summed E-state index contributed by atoms with van der Waals surface area (Å²) in [4.78, 5) is 2.50. The van der Waals surface area contributed by atoms with E-state index in [-0.39, 0.29) is 0 Å². The number of benzene rings is 2. The average molecular weight is 408 g/mol. The second kappa shape index (κ2) is 8.65. The molecule has 118 valence electrons. The zero-order valence-corrected chi connectivity index (χ0v) is 15.5. The molecule has 1 atom stereocenters. The monoisotopic (exact) mass is 408 g/mol. The highest BCUT2D eigenvalue weighted by molar-refractivity contribution is 14.1. The number of nitrogens with zero attached hydrogens (tertiary/aromatic N) is 1. The first-order valence-electron chi connectivity index (χ1n) is 7.82. The van der Waals surface area contributed by atoms with Crippen molar-refractivity contribution in [2.24, 2.45) is 11.7 Å². The quantitative estimate of drug-likeness (QED) is 0.694. The molecule has 0 bridgehead atoms. The van der Waals surface area contributed by atoms with Gasteiger partial charge in [-0.2, -0.15) is 0 Å². The van der Waals surface area contributed by atoms with Crippen LogP contribution >= 0.6 is 22.6 Å². The van der Waals surface area contributed by atoms with Gasteiger partial charge in [-0.3, -0.25) is 4.90 Å². The standard InChI is InChI=1S/C19H25IN2/c1-15(2)19(12-21)22(13-16-6-4-3-5-7-16)14-17-8-10-18(20)11-9-17/h3-11,15,19H,12-14,21H2,1-2H3/t19-/m1/s1. The van der Waals surface area contributed by atoms with Crippen molar-refractivity contribution in [2.75, 3.05) is 6.54 Å². The van der Waals surface area contributed by atoms with E-state index in [9.17, 15) is 0 Å². The van der Waals surface area contributed by atoms with Crippen LogP contribution < -0.4 is 5.73 Å². The fraction of sp³-hybridized carbons (Fsp3) is 0.368. The summed E-state index contributed by atoms with van der Waals surface area (Å²) in [6.07, 6.45) is 0. The molecule has 0 radical (unpaired) electrons. The van der Waals surface area contributed by atoms with Gasteiger partial charge < -0.3 is 5.73 Å². The highest BCUT2D eigenvalue weighted by atomic mass is 127. The third-order valence-corrected chi connectivity index (χ3v) is 4.73. The zero-order chi connectivity index (χ0) is 15.9. The van der Waals surface area contributed by atoms with Crippen molar-refractivity contribution in [1.29, 1.82) is 0 Å². The van der Waals surface area contributed by atoms with Crippen LogP contribution in [-0.2, 0) is 13.1 Å². The third kappa shape index (κ3) is 5.07. The molecule has 0 saturated carbocycles. The van der Waals surface area contributed by atoms with Crippen molar-refractivity contribution in [2.45, 2.75) is 33.0 Å². The fourth-order valence-corrected chi connectivity index (χ4v) is 3.14. The zero-order valence-electron chi connectivity index (χ0n) is 13.4. The van der Waals surface area contributed by atoms with E-state index < -0.39 is 0 Å². The minimum Gasteiger partial charge on any atom is -0.329 e. The molecule has 2 N–H and O–H groups in total. The summed E-state index contributed by atoms with van der Waals surface area (Å²) in [7, 11) is 0. The predicted octanol–water partition coefficient (Wildman–Crippen LogP) is 4.28. The molecule has 0 saturated heterocycles. The van der Waals surface area contributed by atoms with Crippen molar-refractivity contribution in [1.82, 2.24) is 4.90 Å². The molecule has 2 aromatic carbocycles. The molecule has 0 aliphatic rings. The second-order valence-electron chi connectivity index (χ2n) is 6.06. The molecular weight excluding hydrogens is 383 g/mol. The molecule has 0 fully saturated rings. The highest BCUT2D eigenvalue weighted by Crippen LogP contribution is 2.18. The molecule has 0 unspecified atom stereocenters. The highest BCUT2D eigenvalue weighted by Gasteiger charge is 2.21. The van der Waals surface area contributed by atoms with Gasteiger partial charge in [0.05, 0.1) is 0 Å². The fourth-order valence-electron chi connectivity index (χ4n) is 2.78. The molecule has 2 rings (SSSR count). The van der Waals surface area contributed by atoms with E-state index in [4.69, 9.17) is 5.73 Å². The van der Waals surface area contributed by atoms with E-state index >= 15 is 0 Å². The van der Waals surface area contributed by atoms with Crippen LogP contribution in [0.3, 0.4) is 0 Å². The largest absolute Gasteiger partial charge is 0.329 e. The van der Waals surface area contributed by atoms with Crippen molar-refractivity contribution in [3.63, 3.8) is 0 Å². The van der Waals surface area contributed by atoms with E-state index in [2.05, 4.69) is 95.9 Å². The van der Waals surface area contributed by atoms with E-state index in [1.807, 2.05) is 0 Å². The Labute approximate surface area is 147 Å². The van der Waals surface area contributed by atoms with Crippen LogP contribution in [0.25, 0.3) is 0 Å². The van der Waals surface area contributed by atoms with Gasteiger partial charge >= 0.3 is 0 Å². The summed E-state index contributed by atoms with van der Waals surface area (Å²) >= 11 is 2.35. The third-order valence-electron chi connectivity index (χ3n) is 4.01. The molecule has 0 aliphatic heterocycles. The van der Waals surface area contributed by atoms with Gasteiger partial charge in [0.1, 0.15) is 0 Å². The Balaban J connectivity index is 2.18. The molecule has 0 spiro atoms. The molecule has 0 aliphatic carbocycles. The number of hydrogen-bond donors (Lipinski definition) is 1. The Morgan fingerprint density at radius 3 is 1.95 bits per heavy atom. The van der Waals surface area contributed by atoms with Crippen molar-refractivity contribution in [3.05, 3.63) is 69.3 Å². The van der Waals surface area contributed by atoms with Crippen molar-refractivity contribution < 1.29 is 0 Å². The van der Waals surface area contributed by atoms with Gasteiger partial charge in [-0.15, -0.1) is 0 Å². The average Bonchev–Trinajstić information content (AvgIpc) is 2.51. The molecule has 22 heavy (non-hydrogen) atoms. The lowest BCUT2D eigenvalue weighted by atomic mass is 10.0. The van der Waals surface area contributed by atoms with E-state index in [0.717, 1.165) is 13.1 Å². The van der Waals surface area contributed by atoms with Gasteiger partial charge in [0, 0.05) is 29.2 Å². The van der Waals surface area contributed by atoms with Crippen LogP contribution in [0.1, 0.15) is 25.0 Å². The maximum absolute atomic E-state index is 6.06. The smallest absolute Gasteiger partial charge is 0.0248 e. The number of hydrogen-bond acceptors (Lipinski definition) is 2. The molecule has 0 aromatic heterocycles. The lowest BCUT2D eigenvalue weighted by Gasteiger charge is -2.34. The summed E-state index contributed by atoms with van der Waals surface area (Å²) in [5.74, 6) is 0.539. The first-order chi connectivity index (χ1) is 10.6. The van der Waals surface area contributed by atoms with Crippen LogP contribution in [0, 0.1) is 9.49 Å². The predicted molar refractivity (Wildman–Crippen MR) is 103 cm³/mol. The Hall–Kier alpha value is -0.910. The van der Waals surface area contributed by atoms with E-state index in [0.29, 0.717) is 18.5 Å². The van der Waals surface area contributed by atoms with Gasteiger partial charge in [-0.1, -0.05) is 56.3 Å². The minimum atomic E-state index is 0.388. The maximum Gasteiger partial charge on any atom is 0.0248 e. The Morgan fingerprint density at radius 2 is 1.45 bits per heavy atom. The Kier molecular flexibility index (Phi) is 6.86. The summed E-state index contributed by atoms with van der Waals surface area (Å²) in [5, 5.41) is 0. The summed E-state index contributed by atoms with van der Waals surface area (Å²) < 4.78 is 1.27. The van der Waals surface area contributed by atoms with Gasteiger partial charge in [0.15, 0.2) is 0 Å². The van der Waals surface area contributed by atoms with Crippen molar-refractivity contribution in [3.8, 4) is 0 Å². The molecule has 0 heterocycles. The number of nitrogens with two attached hydrogens (primary N) is 1. The summed E-state index contributed by atoms with van der Waals surface area (Å²) in [6, 6.07) is 19.8. The van der Waals surface area contributed by atoms with Crippen LogP contribution in [0.5, 0.6) is 0 Å². The molecular formula is C19H25IN2. The van der Waals surface area contributed by atoms with Gasteiger partial charge in [-0.05, 0) is 51.8 Å². The first kappa shape index (κ1) is 17.4. The van der Waals surface area contributed by atoms with Crippen LogP contribution in [0.2, 0.25) is 0 Å². The normalized spacial score (nSPS) is 12.8. The van der Waals surface area contributed by atoms with Gasteiger partial charge in [0.2, 0.25) is 0 Å². The summed E-state index contributed by atoms with van der Waals surface area (Å²) in [5.41, 5.74) is 8.75. The molecule has 0 amide bonds. The van der Waals surface area contributed by atoms with E-state index in [1.54, 1.807) is 0 Å². The van der Waals surface area contributed by atoms with Crippen LogP contribution in [0.4, 0.5) is 0 Å². The lowest BCUT2D eigenvalue weighted by molar-refractivity contribution is 0.143. The SMILES string of the molecule is CC(C)[C@@H](CN)N(Cc1ccccc1)Cc1ccc(I)cc1. The topological polar surface area (TPSA) is 29.3 Å². The minimum absolute atomic E-state index is 0.388. The molecule has 3 heteroatoms. The van der Waals surface area contributed by atoms with Crippen molar-refractivity contribution >= 4 is 22.6 Å². The number of rotatable bonds is 7. The number of halogens is 1.